The van der Waals surface area contributed by atoms with E-state index in [1.165, 1.54) is 6.07 Å². The van der Waals surface area contributed by atoms with Crippen LogP contribution < -0.4 is 19.7 Å². The molecule has 2 aliphatic heterocycles. The van der Waals surface area contributed by atoms with E-state index in [9.17, 15) is 23.1 Å². The van der Waals surface area contributed by atoms with E-state index >= 15 is 0 Å². The Morgan fingerprint density at radius 1 is 1.09 bits per heavy atom. The third-order valence-corrected chi connectivity index (χ3v) is 5.91. The number of piperidine rings is 1. The molecule has 1 amide bonds. The lowest BCUT2D eigenvalue weighted by atomic mass is 9.92. The van der Waals surface area contributed by atoms with Gasteiger partial charge in [0, 0.05) is 37.2 Å². The van der Waals surface area contributed by atoms with Crippen molar-refractivity contribution in [2.45, 2.75) is 38.2 Å². The summed E-state index contributed by atoms with van der Waals surface area (Å²) in [5.41, 5.74) is -0.597. The first-order chi connectivity index (χ1) is 15.3. The molecule has 0 atom stereocenters. The summed E-state index contributed by atoms with van der Waals surface area (Å²) in [5, 5.41) is 13.3. The molecule has 0 aliphatic carbocycles. The molecule has 2 N–H and O–H groups in total. The van der Waals surface area contributed by atoms with Crippen LogP contribution in [-0.4, -0.2) is 42.9 Å². The first-order valence-corrected chi connectivity index (χ1v) is 10.6. The highest BCUT2D eigenvalue weighted by atomic mass is 19.2. The average Bonchev–Trinajstić information content (AvgIpc) is 2.77. The van der Waals surface area contributed by atoms with Crippen molar-refractivity contribution in [3.63, 3.8) is 0 Å². The summed E-state index contributed by atoms with van der Waals surface area (Å²) in [5.74, 6) is -2.47. The number of nitrogens with zero attached hydrogens (tertiary/aromatic N) is 1. The molecule has 0 bridgehead atoms. The molecule has 6 nitrogen and oxygen atoms in total. The fourth-order valence-electron chi connectivity index (χ4n) is 4.11. The largest absolute Gasteiger partial charge is 0.494 e. The maximum Gasteiger partial charge on any atom is 0.224 e. The van der Waals surface area contributed by atoms with E-state index in [2.05, 4.69) is 5.32 Å². The predicted octanol–water partition coefficient (Wildman–Crippen LogP) is 3.80. The van der Waals surface area contributed by atoms with Crippen molar-refractivity contribution < 1.29 is 32.5 Å². The molecule has 172 valence electrons. The summed E-state index contributed by atoms with van der Waals surface area (Å²) in [4.78, 5) is 13.4. The van der Waals surface area contributed by atoms with Crippen LogP contribution in [0.3, 0.4) is 0 Å². The molecule has 2 heterocycles. The molecule has 9 heteroatoms. The second-order valence-electron chi connectivity index (χ2n) is 8.12. The minimum Gasteiger partial charge on any atom is -0.494 e. The molecule has 32 heavy (non-hydrogen) atoms. The summed E-state index contributed by atoms with van der Waals surface area (Å²) in [6, 6.07) is 5.65. The van der Waals surface area contributed by atoms with Crippen LogP contribution in [0.2, 0.25) is 0 Å². The van der Waals surface area contributed by atoms with Gasteiger partial charge in [-0.25, -0.2) is 13.2 Å². The smallest absolute Gasteiger partial charge is 0.224 e. The molecule has 1 fully saturated rings. The predicted molar refractivity (Wildman–Crippen MR) is 113 cm³/mol. The lowest BCUT2D eigenvalue weighted by molar-refractivity contribution is -0.116. The van der Waals surface area contributed by atoms with Crippen LogP contribution in [0.25, 0.3) is 0 Å². The second-order valence-corrected chi connectivity index (χ2v) is 8.12. The van der Waals surface area contributed by atoms with Crippen molar-refractivity contribution in [1.29, 1.82) is 0 Å². The first kappa shape index (κ1) is 22.3. The van der Waals surface area contributed by atoms with Crippen molar-refractivity contribution in [2.75, 3.05) is 36.5 Å². The van der Waals surface area contributed by atoms with E-state index in [4.69, 9.17) is 9.47 Å². The third kappa shape index (κ3) is 4.48. The standard InChI is InChI=1S/C23H25F3N2O4/c1-2-31-14-3-5-18(16(24)11-14)28-9-7-23(30,8-10-28)13-32-19-12-17(25)21(26)22-15(19)4-6-20(29)27-22/h3,5,11-12,30H,2,4,6-10,13H2,1H3,(H,27,29). The maximum absolute atomic E-state index is 14.5. The molecule has 0 unspecified atom stereocenters. The average molecular weight is 450 g/mol. The van der Waals surface area contributed by atoms with Gasteiger partial charge in [-0.05, 0) is 38.3 Å². The van der Waals surface area contributed by atoms with E-state index in [1.54, 1.807) is 12.1 Å². The Balaban J connectivity index is 1.42. The fraction of sp³-hybridized carbons (Fsp3) is 0.435. The Morgan fingerprint density at radius 3 is 2.53 bits per heavy atom. The number of hydrogen-bond donors (Lipinski definition) is 2. The van der Waals surface area contributed by atoms with E-state index in [0.717, 1.165) is 6.07 Å². The monoisotopic (exact) mass is 450 g/mol. The van der Waals surface area contributed by atoms with Gasteiger partial charge in [0.2, 0.25) is 5.91 Å². The van der Waals surface area contributed by atoms with Crippen molar-refractivity contribution in [2.24, 2.45) is 0 Å². The molecule has 2 aromatic carbocycles. The van der Waals surface area contributed by atoms with Gasteiger partial charge in [0.25, 0.3) is 0 Å². The fourth-order valence-corrected chi connectivity index (χ4v) is 4.11. The molecule has 0 spiro atoms. The Hall–Kier alpha value is -2.94. The molecule has 4 rings (SSSR count). The molecule has 0 saturated carbocycles. The highest BCUT2D eigenvalue weighted by Gasteiger charge is 2.35. The van der Waals surface area contributed by atoms with E-state index in [1.807, 2.05) is 11.8 Å². The Kier molecular flexibility index (Phi) is 6.19. The van der Waals surface area contributed by atoms with Crippen LogP contribution in [0, 0.1) is 17.5 Å². The molecule has 0 radical (unpaired) electrons. The Labute approximate surface area is 183 Å². The minimum absolute atomic E-state index is 0.104. The van der Waals surface area contributed by atoms with E-state index in [0.29, 0.717) is 49.5 Å². The molecule has 2 aliphatic rings. The summed E-state index contributed by atoms with van der Waals surface area (Å²) < 4.78 is 53.6. The first-order valence-electron chi connectivity index (χ1n) is 10.6. The molecule has 0 aromatic heterocycles. The van der Waals surface area contributed by atoms with Gasteiger partial charge in [0.15, 0.2) is 11.6 Å². The van der Waals surface area contributed by atoms with Gasteiger partial charge < -0.3 is 24.8 Å². The number of hydrogen-bond acceptors (Lipinski definition) is 5. The lowest BCUT2D eigenvalue weighted by Gasteiger charge is -2.39. The van der Waals surface area contributed by atoms with Crippen LogP contribution in [0.1, 0.15) is 31.7 Å². The molecular weight excluding hydrogens is 425 g/mol. The number of nitrogens with one attached hydrogen (secondary N) is 1. The van der Waals surface area contributed by atoms with Gasteiger partial charge in [0.1, 0.15) is 29.5 Å². The maximum atomic E-state index is 14.5. The number of amides is 1. The van der Waals surface area contributed by atoms with Crippen LogP contribution in [0.4, 0.5) is 24.5 Å². The van der Waals surface area contributed by atoms with Gasteiger partial charge in [-0.15, -0.1) is 0 Å². The molecule has 1 saturated heterocycles. The number of carbonyl (C=O) groups excluding carboxylic acids is 1. The highest BCUT2D eigenvalue weighted by Crippen LogP contribution is 2.37. The normalized spacial score (nSPS) is 17.5. The zero-order chi connectivity index (χ0) is 22.9. The number of fused-ring (bicyclic) bond motifs is 1. The van der Waals surface area contributed by atoms with Gasteiger partial charge >= 0.3 is 0 Å². The summed E-state index contributed by atoms with van der Waals surface area (Å²) >= 11 is 0. The highest BCUT2D eigenvalue weighted by molar-refractivity contribution is 5.94. The summed E-state index contributed by atoms with van der Waals surface area (Å²) in [6.45, 7) is 2.94. The van der Waals surface area contributed by atoms with E-state index in [-0.39, 0.29) is 36.8 Å². The minimum atomic E-state index is -1.20. The number of ether oxygens (including phenoxy) is 2. The summed E-state index contributed by atoms with van der Waals surface area (Å²) in [7, 11) is 0. The lowest BCUT2D eigenvalue weighted by Crippen LogP contribution is -2.48. The van der Waals surface area contributed by atoms with Crippen LogP contribution in [-0.2, 0) is 11.2 Å². The number of carbonyl (C=O) groups is 1. The number of rotatable bonds is 6. The van der Waals surface area contributed by atoms with Crippen LogP contribution >= 0.6 is 0 Å². The zero-order valence-corrected chi connectivity index (χ0v) is 17.7. The third-order valence-electron chi connectivity index (χ3n) is 5.91. The van der Waals surface area contributed by atoms with Gasteiger partial charge in [-0.2, -0.15) is 0 Å². The van der Waals surface area contributed by atoms with E-state index < -0.39 is 23.1 Å². The Morgan fingerprint density at radius 2 is 1.84 bits per heavy atom. The Bertz CT molecular complexity index is 1020. The molecule has 2 aromatic rings. The van der Waals surface area contributed by atoms with Crippen molar-refractivity contribution in [1.82, 2.24) is 0 Å². The van der Waals surface area contributed by atoms with Crippen LogP contribution in [0.5, 0.6) is 11.5 Å². The SMILES string of the molecule is CCOc1ccc(N2CCC(O)(COc3cc(F)c(F)c4c3CCC(=O)N4)CC2)c(F)c1. The van der Waals surface area contributed by atoms with Gasteiger partial charge in [-0.1, -0.05) is 0 Å². The van der Waals surface area contributed by atoms with Crippen molar-refractivity contribution >= 4 is 17.3 Å². The molecular formula is C23H25F3N2O4. The number of anilines is 2. The number of aliphatic hydroxyl groups is 1. The summed E-state index contributed by atoms with van der Waals surface area (Å²) in [6.07, 6.45) is 0.975. The quantitative estimate of drug-likeness (QED) is 0.701. The number of halogens is 3. The van der Waals surface area contributed by atoms with Crippen molar-refractivity contribution in [3.8, 4) is 11.5 Å². The van der Waals surface area contributed by atoms with Gasteiger partial charge in [-0.3, -0.25) is 4.79 Å². The van der Waals surface area contributed by atoms with Crippen molar-refractivity contribution in [3.05, 3.63) is 47.3 Å². The van der Waals surface area contributed by atoms with Crippen LogP contribution in [0.15, 0.2) is 24.3 Å². The topological polar surface area (TPSA) is 71.0 Å². The second kappa shape index (κ2) is 8.90. The zero-order valence-electron chi connectivity index (χ0n) is 17.7. The van der Waals surface area contributed by atoms with Gasteiger partial charge in [0.05, 0.1) is 18.0 Å². The number of benzene rings is 2.